The zero-order valence-corrected chi connectivity index (χ0v) is 28.6. The molecule has 2 nitrogen and oxygen atoms in total. The molecule has 0 fully saturated rings. The van der Waals surface area contributed by atoms with Crippen LogP contribution in [0.4, 0.5) is 0 Å². The lowest BCUT2D eigenvalue weighted by Crippen LogP contribution is -2.05. The third-order valence-electron chi connectivity index (χ3n) is 11.2. The van der Waals surface area contributed by atoms with Crippen molar-refractivity contribution in [2.75, 3.05) is 0 Å². The maximum Gasteiger partial charge on any atom is 0.0547 e. The van der Waals surface area contributed by atoms with Gasteiger partial charge in [-0.2, -0.15) is 0 Å². The first-order chi connectivity index (χ1) is 25.8. The van der Waals surface area contributed by atoms with E-state index in [2.05, 4.69) is 191 Å². The highest BCUT2D eigenvalue weighted by Crippen LogP contribution is 2.43. The Balaban J connectivity index is 1.15. The lowest BCUT2D eigenvalue weighted by Gasteiger charge is -2.18. The molecule has 2 heteroatoms. The van der Waals surface area contributed by atoms with Crippen molar-refractivity contribution in [1.29, 1.82) is 0 Å². The van der Waals surface area contributed by atoms with E-state index in [0.717, 1.165) is 12.8 Å². The molecule has 1 aliphatic rings. The fraction of sp³-hybridized carbons (Fsp3) is 0.0400. The Hall–Kier alpha value is -6.64. The van der Waals surface area contributed by atoms with E-state index in [-0.39, 0.29) is 0 Å². The average molecular weight is 663 g/mol. The maximum atomic E-state index is 2.50. The second-order valence-electron chi connectivity index (χ2n) is 14.0. The quantitative estimate of drug-likeness (QED) is 0.177. The van der Waals surface area contributed by atoms with Gasteiger partial charge >= 0.3 is 0 Å². The zero-order chi connectivity index (χ0) is 34.2. The molecule has 0 amide bonds. The Labute approximate surface area is 302 Å². The molecule has 0 atom stereocenters. The summed E-state index contributed by atoms with van der Waals surface area (Å²) in [7, 11) is 0. The van der Waals surface area contributed by atoms with Crippen LogP contribution in [0.3, 0.4) is 0 Å². The molecule has 8 aromatic carbocycles. The first kappa shape index (κ1) is 29.1. The summed E-state index contributed by atoms with van der Waals surface area (Å²) < 4.78 is 4.96. The van der Waals surface area contributed by atoms with Crippen molar-refractivity contribution >= 4 is 65.9 Å². The zero-order valence-electron chi connectivity index (χ0n) is 28.6. The normalized spacial score (nSPS) is 13.0. The van der Waals surface area contributed by atoms with Gasteiger partial charge in [-0.1, -0.05) is 127 Å². The highest BCUT2D eigenvalue weighted by Gasteiger charge is 2.24. The number of hydrogen-bond acceptors (Lipinski definition) is 0. The van der Waals surface area contributed by atoms with Crippen molar-refractivity contribution in [3.05, 3.63) is 193 Å². The van der Waals surface area contributed by atoms with Crippen molar-refractivity contribution in [3.8, 4) is 22.5 Å². The van der Waals surface area contributed by atoms with Gasteiger partial charge in [-0.25, -0.2) is 0 Å². The van der Waals surface area contributed by atoms with Gasteiger partial charge in [-0.15, -0.1) is 0 Å². The van der Waals surface area contributed by atoms with Gasteiger partial charge in [-0.05, 0) is 111 Å². The third kappa shape index (κ3) is 4.37. The average Bonchev–Trinajstić information content (AvgIpc) is 3.74. The van der Waals surface area contributed by atoms with Crippen molar-refractivity contribution in [3.63, 3.8) is 0 Å². The van der Waals surface area contributed by atoms with E-state index in [4.69, 9.17) is 0 Å². The summed E-state index contributed by atoms with van der Waals surface area (Å²) in [5.41, 5.74) is 14.0. The van der Waals surface area contributed by atoms with Gasteiger partial charge in [0.2, 0.25) is 0 Å². The van der Waals surface area contributed by atoms with Gasteiger partial charge in [0.05, 0.1) is 16.6 Å². The second-order valence-corrected chi connectivity index (χ2v) is 14.0. The molecule has 2 heterocycles. The number of aromatic nitrogens is 2. The summed E-state index contributed by atoms with van der Waals surface area (Å²) in [6, 6.07) is 64.5. The van der Waals surface area contributed by atoms with Crippen LogP contribution < -0.4 is 0 Å². The van der Waals surface area contributed by atoms with Crippen LogP contribution in [0.2, 0.25) is 0 Å². The Morgan fingerprint density at radius 1 is 0.365 bits per heavy atom. The smallest absolute Gasteiger partial charge is 0.0547 e. The van der Waals surface area contributed by atoms with Gasteiger partial charge in [0.15, 0.2) is 0 Å². The Bertz CT molecular complexity index is 3050. The van der Waals surface area contributed by atoms with E-state index in [1.54, 1.807) is 0 Å². The predicted molar refractivity (Wildman–Crippen MR) is 221 cm³/mol. The van der Waals surface area contributed by atoms with E-state index in [1.807, 2.05) is 0 Å². The molecular formula is C50H34N2. The predicted octanol–water partition coefficient (Wildman–Crippen LogP) is 13.2. The molecular weight excluding hydrogens is 629 g/mol. The first-order valence-electron chi connectivity index (χ1n) is 18.2. The fourth-order valence-electron chi connectivity index (χ4n) is 8.86. The van der Waals surface area contributed by atoms with Gasteiger partial charge in [-0.3, -0.25) is 0 Å². The number of nitrogens with zero attached hydrogens (tertiary/aromatic N) is 2. The molecule has 2 aromatic heterocycles. The number of fused-ring (bicyclic) bond motifs is 10. The van der Waals surface area contributed by atoms with E-state index in [1.165, 1.54) is 99.1 Å². The summed E-state index contributed by atoms with van der Waals surface area (Å²) in [6.45, 7) is 0. The molecule has 0 unspecified atom stereocenters. The molecule has 0 spiro atoms. The van der Waals surface area contributed by atoms with Gasteiger partial charge in [0.1, 0.15) is 0 Å². The van der Waals surface area contributed by atoms with Crippen LogP contribution in [-0.4, -0.2) is 9.13 Å². The number of para-hydroxylation sites is 1. The van der Waals surface area contributed by atoms with Crippen LogP contribution in [0.25, 0.3) is 88.4 Å². The molecule has 0 saturated carbocycles. The van der Waals surface area contributed by atoms with Gasteiger partial charge in [0.25, 0.3) is 0 Å². The molecule has 0 radical (unpaired) electrons. The lowest BCUT2D eigenvalue weighted by atomic mass is 9.89. The summed E-state index contributed by atoms with van der Waals surface area (Å²) in [6.07, 6.45) is 4.46. The van der Waals surface area contributed by atoms with Crippen LogP contribution in [0.1, 0.15) is 23.2 Å². The highest BCUT2D eigenvalue weighted by molar-refractivity contribution is 6.22. The van der Waals surface area contributed by atoms with Gasteiger partial charge < -0.3 is 9.13 Å². The summed E-state index contributed by atoms with van der Waals surface area (Å²) in [4.78, 5) is 0. The minimum atomic E-state index is 0.980. The second kappa shape index (κ2) is 11.4. The molecule has 11 rings (SSSR count). The Kier molecular flexibility index (Phi) is 6.41. The van der Waals surface area contributed by atoms with Crippen LogP contribution >= 0.6 is 0 Å². The summed E-state index contributed by atoms with van der Waals surface area (Å²) in [5.74, 6) is 0. The van der Waals surface area contributed by atoms with Crippen molar-refractivity contribution in [2.45, 2.75) is 12.8 Å². The SMILES string of the molecule is C1=C(c2ccc3c(c2)c2c4ccccc4ccc2n3-c2cccc(-c3ccccc3)c2)CCc2c1c1c3ccccc3ccc1n2-c1ccccc1. The lowest BCUT2D eigenvalue weighted by molar-refractivity contribution is 0.898. The largest absolute Gasteiger partial charge is 0.313 e. The summed E-state index contributed by atoms with van der Waals surface area (Å²) >= 11 is 0. The Morgan fingerprint density at radius 2 is 0.981 bits per heavy atom. The van der Waals surface area contributed by atoms with Crippen molar-refractivity contribution < 1.29 is 0 Å². The van der Waals surface area contributed by atoms with E-state index in [9.17, 15) is 0 Å². The molecule has 0 saturated heterocycles. The van der Waals surface area contributed by atoms with Crippen molar-refractivity contribution in [2.24, 2.45) is 0 Å². The summed E-state index contributed by atoms with van der Waals surface area (Å²) in [5, 5.41) is 9.09. The molecule has 10 aromatic rings. The first-order valence-corrected chi connectivity index (χ1v) is 18.2. The van der Waals surface area contributed by atoms with Crippen LogP contribution in [0.5, 0.6) is 0 Å². The van der Waals surface area contributed by atoms with Gasteiger partial charge in [0, 0.05) is 38.8 Å². The highest BCUT2D eigenvalue weighted by atomic mass is 15.0. The minimum absolute atomic E-state index is 0.980. The van der Waals surface area contributed by atoms with Crippen LogP contribution in [0.15, 0.2) is 176 Å². The fourth-order valence-corrected chi connectivity index (χ4v) is 8.86. The minimum Gasteiger partial charge on any atom is -0.313 e. The molecule has 1 aliphatic carbocycles. The monoisotopic (exact) mass is 662 g/mol. The molecule has 52 heavy (non-hydrogen) atoms. The molecule has 0 N–H and O–H groups in total. The van der Waals surface area contributed by atoms with E-state index in [0.29, 0.717) is 0 Å². The maximum absolute atomic E-state index is 2.50. The van der Waals surface area contributed by atoms with E-state index < -0.39 is 0 Å². The standard InChI is InChI=1S/C50H34N2/c1-3-12-33(13-4-1)36-16-11-19-40(30-36)52-46-27-25-38(32-44(46)50-42-21-10-8-15-35(42)23-29-48(50)52)37-24-26-45-43(31-37)49-41-20-9-7-14-34(41)22-28-47(49)51(45)39-17-5-2-6-18-39/h1-23,25,27-32H,24,26H2. The number of benzene rings is 8. The molecule has 0 bridgehead atoms. The number of allylic oxidation sites excluding steroid dienone is 1. The van der Waals surface area contributed by atoms with Crippen molar-refractivity contribution in [1.82, 2.24) is 9.13 Å². The van der Waals surface area contributed by atoms with E-state index >= 15 is 0 Å². The molecule has 0 aliphatic heterocycles. The third-order valence-corrected chi connectivity index (χ3v) is 11.2. The van der Waals surface area contributed by atoms with Crippen LogP contribution in [0, 0.1) is 0 Å². The number of hydrogen-bond donors (Lipinski definition) is 0. The topological polar surface area (TPSA) is 9.86 Å². The number of rotatable bonds is 4. The Morgan fingerprint density at radius 3 is 1.75 bits per heavy atom. The van der Waals surface area contributed by atoms with Crippen LogP contribution in [-0.2, 0) is 6.42 Å². The molecule has 244 valence electrons.